The number of thiophene rings is 1. The Morgan fingerprint density at radius 1 is 0.964 bits per heavy atom. The number of unbranched alkanes of at least 4 members (excludes halogenated alkanes) is 8. The molecule has 0 unspecified atom stereocenters. The summed E-state index contributed by atoms with van der Waals surface area (Å²) < 4.78 is 5.39. The van der Waals surface area contributed by atoms with Gasteiger partial charge in [-0.3, -0.25) is 4.79 Å². The maximum absolute atomic E-state index is 12.5. The molecule has 1 rings (SSSR count). The number of esters is 1. The zero-order chi connectivity index (χ0) is 20.9. The van der Waals surface area contributed by atoms with E-state index >= 15 is 0 Å². The predicted octanol–water partition coefficient (Wildman–Crippen LogP) is 7.04. The number of aryl methyl sites for hydroxylation is 1. The normalized spacial score (nSPS) is 11.1. The summed E-state index contributed by atoms with van der Waals surface area (Å²) in [5.74, 6) is -0.347. The lowest BCUT2D eigenvalue weighted by Gasteiger charge is -2.11. The number of rotatable bonds is 14. The average Bonchev–Trinajstić information content (AvgIpc) is 2.94. The first-order valence-corrected chi connectivity index (χ1v) is 11.8. The van der Waals surface area contributed by atoms with Gasteiger partial charge < -0.3 is 10.1 Å². The molecule has 0 radical (unpaired) electrons. The summed E-state index contributed by atoms with van der Waals surface area (Å²) in [5.41, 5.74) is 1.52. The van der Waals surface area contributed by atoms with Crippen molar-refractivity contribution < 1.29 is 14.3 Å². The number of carbonyl (C=O) groups excluding carboxylic acids is 2. The van der Waals surface area contributed by atoms with Crippen LogP contribution in [0.4, 0.5) is 5.00 Å². The summed E-state index contributed by atoms with van der Waals surface area (Å²) >= 11 is 1.47. The molecule has 0 aromatic carbocycles. The maximum Gasteiger partial charge on any atom is 0.341 e. The molecule has 0 aliphatic carbocycles. The van der Waals surface area contributed by atoms with E-state index in [1.165, 1.54) is 56.3 Å². The Labute approximate surface area is 175 Å². The lowest BCUT2D eigenvalue weighted by Crippen LogP contribution is -2.17. The van der Waals surface area contributed by atoms with E-state index in [2.05, 4.69) is 12.2 Å². The Bertz CT molecular complexity index is 607. The monoisotopic (exact) mass is 409 g/mol. The van der Waals surface area contributed by atoms with Crippen molar-refractivity contribution in [2.75, 3.05) is 5.32 Å². The number of anilines is 1. The molecule has 5 heteroatoms. The van der Waals surface area contributed by atoms with Crippen LogP contribution >= 0.6 is 11.3 Å². The predicted molar refractivity (Wildman–Crippen MR) is 119 cm³/mol. The first-order chi connectivity index (χ1) is 13.4. The van der Waals surface area contributed by atoms with Crippen LogP contribution in [0, 0.1) is 6.92 Å². The molecule has 0 saturated carbocycles. The van der Waals surface area contributed by atoms with Crippen LogP contribution < -0.4 is 5.32 Å². The second kappa shape index (κ2) is 13.8. The molecule has 28 heavy (non-hydrogen) atoms. The minimum Gasteiger partial charge on any atom is -0.459 e. The molecule has 1 aromatic rings. The Hall–Kier alpha value is -1.36. The van der Waals surface area contributed by atoms with Crippen molar-refractivity contribution >= 4 is 28.2 Å². The van der Waals surface area contributed by atoms with E-state index in [-0.39, 0.29) is 18.0 Å². The molecule has 0 aliphatic rings. The van der Waals surface area contributed by atoms with Gasteiger partial charge in [0, 0.05) is 11.3 Å². The number of amides is 1. The fraction of sp³-hybridized carbons (Fsp3) is 0.739. The number of nitrogens with one attached hydrogen (secondary N) is 1. The van der Waals surface area contributed by atoms with Gasteiger partial charge in [0.05, 0.1) is 11.7 Å². The third-order valence-corrected chi connectivity index (χ3v) is 5.93. The van der Waals surface area contributed by atoms with Gasteiger partial charge in [-0.2, -0.15) is 0 Å². The molecule has 0 atom stereocenters. The maximum atomic E-state index is 12.5. The summed E-state index contributed by atoms with van der Waals surface area (Å²) in [4.78, 5) is 25.9. The van der Waals surface area contributed by atoms with E-state index in [1.807, 2.05) is 27.7 Å². The Morgan fingerprint density at radius 3 is 2.07 bits per heavy atom. The molecule has 4 nitrogen and oxygen atoms in total. The van der Waals surface area contributed by atoms with Crippen LogP contribution in [0.15, 0.2) is 0 Å². The second-order valence-corrected chi connectivity index (χ2v) is 9.00. The average molecular weight is 410 g/mol. The van der Waals surface area contributed by atoms with Crippen molar-refractivity contribution in [1.82, 2.24) is 0 Å². The van der Waals surface area contributed by atoms with E-state index in [1.54, 1.807) is 0 Å². The molecule has 0 saturated heterocycles. The van der Waals surface area contributed by atoms with Gasteiger partial charge in [0.1, 0.15) is 5.00 Å². The summed E-state index contributed by atoms with van der Waals surface area (Å²) in [6.07, 6.45) is 12.1. The highest BCUT2D eigenvalue weighted by atomic mass is 32.1. The van der Waals surface area contributed by atoms with Crippen LogP contribution in [0.2, 0.25) is 0 Å². The summed E-state index contributed by atoms with van der Waals surface area (Å²) in [7, 11) is 0. The summed E-state index contributed by atoms with van der Waals surface area (Å²) in [5, 5.41) is 3.60. The minimum absolute atomic E-state index is 0.00885. The second-order valence-electron chi connectivity index (χ2n) is 7.78. The molecule has 1 N–H and O–H groups in total. The van der Waals surface area contributed by atoms with E-state index in [0.29, 0.717) is 17.0 Å². The molecule has 0 spiro atoms. The van der Waals surface area contributed by atoms with Crippen molar-refractivity contribution in [2.45, 2.75) is 111 Å². The largest absolute Gasteiger partial charge is 0.459 e. The summed E-state index contributed by atoms with van der Waals surface area (Å²) in [6, 6.07) is 0. The lowest BCUT2D eigenvalue weighted by atomic mass is 10.1. The first-order valence-electron chi connectivity index (χ1n) is 11.0. The fourth-order valence-electron chi connectivity index (χ4n) is 3.37. The Kier molecular flexibility index (Phi) is 12.1. The van der Waals surface area contributed by atoms with Gasteiger partial charge in [0.25, 0.3) is 0 Å². The highest BCUT2D eigenvalue weighted by Crippen LogP contribution is 2.34. The molecule has 1 amide bonds. The number of hydrogen-bond acceptors (Lipinski definition) is 4. The van der Waals surface area contributed by atoms with Crippen LogP contribution in [0.25, 0.3) is 0 Å². The highest BCUT2D eigenvalue weighted by Gasteiger charge is 2.24. The van der Waals surface area contributed by atoms with Crippen molar-refractivity contribution in [2.24, 2.45) is 0 Å². The zero-order valence-electron chi connectivity index (χ0n) is 18.5. The van der Waals surface area contributed by atoms with E-state index in [0.717, 1.165) is 29.7 Å². The van der Waals surface area contributed by atoms with Gasteiger partial charge >= 0.3 is 5.97 Å². The van der Waals surface area contributed by atoms with Gasteiger partial charge in [-0.05, 0) is 39.2 Å². The van der Waals surface area contributed by atoms with E-state index in [4.69, 9.17) is 4.74 Å². The molecule has 0 aliphatic heterocycles. The van der Waals surface area contributed by atoms with Gasteiger partial charge in [-0.15, -0.1) is 11.3 Å². The number of ether oxygens (including phenoxy) is 1. The third-order valence-electron chi connectivity index (χ3n) is 4.87. The van der Waals surface area contributed by atoms with Gasteiger partial charge in [0.15, 0.2) is 0 Å². The van der Waals surface area contributed by atoms with Crippen molar-refractivity contribution in [1.29, 1.82) is 0 Å². The van der Waals surface area contributed by atoms with Crippen LogP contribution in [-0.4, -0.2) is 18.0 Å². The highest BCUT2D eigenvalue weighted by molar-refractivity contribution is 7.16. The topological polar surface area (TPSA) is 55.4 Å². The van der Waals surface area contributed by atoms with E-state index in [9.17, 15) is 9.59 Å². The molecule has 0 fully saturated rings. The number of hydrogen-bond donors (Lipinski definition) is 1. The van der Waals surface area contributed by atoms with Crippen LogP contribution in [0.5, 0.6) is 0 Å². The number of carbonyl (C=O) groups is 2. The summed E-state index contributed by atoms with van der Waals surface area (Å²) in [6.45, 7) is 9.93. The van der Waals surface area contributed by atoms with Gasteiger partial charge in [-0.25, -0.2) is 4.79 Å². The van der Waals surface area contributed by atoms with Crippen LogP contribution in [-0.2, 0) is 16.0 Å². The molecule has 1 aromatic heterocycles. The Balaban J connectivity index is 2.46. The van der Waals surface area contributed by atoms with Crippen molar-refractivity contribution in [3.8, 4) is 0 Å². The standard InChI is InChI=1S/C23H39NO3S/c1-6-8-9-10-11-12-13-14-15-16-20(25)24-22-21(23(26)27-17(3)4)19(7-2)18(5)28-22/h17H,6-16H2,1-5H3,(H,24,25). The zero-order valence-corrected chi connectivity index (χ0v) is 19.3. The van der Waals surface area contributed by atoms with Gasteiger partial charge in [-0.1, -0.05) is 65.2 Å². The molecular formula is C23H39NO3S. The minimum atomic E-state index is -0.338. The smallest absolute Gasteiger partial charge is 0.341 e. The van der Waals surface area contributed by atoms with Crippen LogP contribution in [0.1, 0.15) is 113 Å². The molecule has 0 bridgehead atoms. The molecule has 160 valence electrons. The van der Waals surface area contributed by atoms with Crippen molar-refractivity contribution in [3.63, 3.8) is 0 Å². The molecule has 1 heterocycles. The van der Waals surface area contributed by atoms with Crippen LogP contribution in [0.3, 0.4) is 0 Å². The first kappa shape index (κ1) is 24.7. The van der Waals surface area contributed by atoms with E-state index < -0.39 is 0 Å². The van der Waals surface area contributed by atoms with Crippen molar-refractivity contribution in [3.05, 3.63) is 16.0 Å². The SMILES string of the molecule is CCCCCCCCCCCC(=O)Nc1sc(C)c(CC)c1C(=O)OC(C)C. The fourth-order valence-corrected chi connectivity index (χ4v) is 4.52. The third kappa shape index (κ3) is 8.76. The van der Waals surface area contributed by atoms with Gasteiger partial charge in [0.2, 0.25) is 5.91 Å². The Morgan fingerprint density at radius 2 is 1.54 bits per heavy atom. The quantitative estimate of drug-likeness (QED) is 0.265. The lowest BCUT2D eigenvalue weighted by molar-refractivity contribution is -0.116. The molecular weight excluding hydrogens is 370 g/mol.